The van der Waals surface area contributed by atoms with Crippen LogP contribution in [0.15, 0.2) is 36.7 Å². The molecule has 100 valence electrons. The van der Waals surface area contributed by atoms with Crippen molar-refractivity contribution in [2.24, 2.45) is 5.73 Å². The van der Waals surface area contributed by atoms with Crippen LogP contribution in [0.1, 0.15) is 0 Å². The van der Waals surface area contributed by atoms with E-state index in [2.05, 4.69) is 15.3 Å². The summed E-state index contributed by atoms with van der Waals surface area (Å²) in [5.74, 6) is 1.18. The van der Waals surface area contributed by atoms with E-state index < -0.39 is 0 Å². The molecule has 19 heavy (non-hydrogen) atoms. The fourth-order valence-corrected chi connectivity index (χ4v) is 1.62. The summed E-state index contributed by atoms with van der Waals surface area (Å²) in [6, 6.07) is 8.05. The van der Waals surface area contributed by atoms with Gasteiger partial charge in [0.2, 0.25) is 0 Å². The minimum atomic E-state index is -0.259. The summed E-state index contributed by atoms with van der Waals surface area (Å²) < 4.78 is 12.9. The molecule has 6 heteroatoms. The van der Waals surface area contributed by atoms with Crippen LogP contribution in [-0.2, 0) is 0 Å². The molecule has 0 fully saturated rings. The average Bonchev–Trinajstić information content (AvgIpc) is 2.45. The van der Waals surface area contributed by atoms with Crippen molar-refractivity contribution in [2.75, 3.05) is 30.4 Å². The normalized spacial score (nSPS) is 10.3. The highest BCUT2D eigenvalue weighted by molar-refractivity contribution is 5.61. The Morgan fingerprint density at radius 3 is 2.68 bits per heavy atom. The summed E-state index contributed by atoms with van der Waals surface area (Å²) >= 11 is 0. The lowest BCUT2D eigenvalue weighted by Crippen LogP contribution is -2.15. The van der Waals surface area contributed by atoms with Crippen LogP contribution in [-0.4, -0.2) is 30.1 Å². The van der Waals surface area contributed by atoms with Crippen LogP contribution < -0.4 is 16.0 Å². The molecular formula is C13H16FN5. The lowest BCUT2D eigenvalue weighted by molar-refractivity contribution is 0.628. The van der Waals surface area contributed by atoms with Crippen LogP contribution in [0.5, 0.6) is 0 Å². The molecule has 1 aromatic heterocycles. The molecule has 1 aromatic carbocycles. The van der Waals surface area contributed by atoms with Crippen molar-refractivity contribution < 1.29 is 4.39 Å². The quantitative estimate of drug-likeness (QED) is 0.858. The predicted molar refractivity (Wildman–Crippen MR) is 74.0 cm³/mol. The lowest BCUT2D eigenvalue weighted by Gasteiger charge is -2.18. The molecule has 3 N–H and O–H groups in total. The van der Waals surface area contributed by atoms with E-state index in [0.29, 0.717) is 18.9 Å². The van der Waals surface area contributed by atoms with E-state index in [1.165, 1.54) is 18.5 Å². The van der Waals surface area contributed by atoms with Gasteiger partial charge in [-0.1, -0.05) is 0 Å². The first-order chi connectivity index (χ1) is 9.20. The molecular weight excluding hydrogens is 245 g/mol. The molecule has 0 bridgehead atoms. The Balaban J connectivity index is 2.18. The summed E-state index contributed by atoms with van der Waals surface area (Å²) in [6.45, 7) is 1.18. The highest BCUT2D eigenvalue weighted by Gasteiger charge is 2.06. The van der Waals surface area contributed by atoms with E-state index in [1.54, 1.807) is 12.1 Å². The van der Waals surface area contributed by atoms with Crippen LogP contribution in [0.4, 0.5) is 21.7 Å². The molecule has 0 amide bonds. The monoisotopic (exact) mass is 261 g/mol. The number of aromatic nitrogens is 2. The Hall–Kier alpha value is -2.21. The zero-order valence-electron chi connectivity index (χ0n) is 10.7. The van der Waals surface area contributed by atoms with E-state index >= 15 is 0 Å². The molecule has 0 aliphatic rings. The van der Waals surface area contributed by atoms with Gasteiger partial charge in [0.25, 0.3) is 0 Å². The smallest absolute Gasteiger partial charge is 0.138 e. The SMILES string of the molecule is CN(c1ccc(F)cc1)c1cc(NCCN)ncn1. The third-order valence-electron chi connectivity index (χ3n) is 2.66. The first kappa shape index (κ1) is 13.2. The molecule has 0 aliphatic carbocycles. The number of hydrogen-bond acceptors (Lipinski definition) is 5. The third kappa shape index (κ3) is 3.38. The summed E-state index contributed by atoms with van der Waals surface area (Å²) in [6.07, 6.45) is 1.48. The van der Waals surface area contributed by atoms with Crippen LogP contribution >= 0.6 is 0 Å². The van der Waals surface area contributed by atoms with Gasteiger partial charge < -0.3 is 16.0 Å². The molecule has 0 unspecified atom stereocenters. The van der Waals surface area contributed by atoms with Gasteiger partial charge in [0, 0.05) is 31.9 Å². The second kappa shape index (κ2) is 6.10. The Morgan fingerprint density at radius 1 is 1.26 bits per heavy atom. The summed E-state index contributed by atoms with van der Waals surface area (Å²) in [5.41, 5.74) is 6.28. The summed E-state index contributed by atoms with van der Waals surface area (Å²) in [4.78, 5) is 10.2. The van der Waals surface area contributed by atoms with Crippen LogP contribution in [0.3, 0.4) is 0 Å². The molecule has 2 aromatic rings. The van der Waals surface area contributed by atoms with E-state index in [-0.39, 0.29) is 5.82 Å². The van der Waals surface area contributed by atoms with Crippen LogP contribution in [0, 0.1) is 5.82 Å². The van der Waals surface area contributed by atoms with Gasteiger partial charge >= 0.3 is 0 Å². The maximum Gasteiger partial charge on any atom is 0.138 e. The van der Waals surface area contributed by atoms with Crippen molar-refractivity contribution in [1.29, 1.82) is 0 Å². The van der Waals surface area contributed by atoms with Crippen molar-refractivity contribution in [2.45, 2.75) is 0 Å². The fourth-order valence-electron chi connectivity index (χ4n) is 1.62. The van der Waals surface area contributed by atoms with Gasteiger partial charge in [-0.3, -0.25) is 0 Å². The zero-order valence-corrected chi connectivity index (χ0v) is 10.7. The Labute approximate surface area is 111 Å². The second-order valence-electron chi connectivity index (χ2n) is 4.01. The summed E-state index contributed by atoms with van der Waals surface area (Å²) in [5, 5.41) is 3.09. The van der Waals surface area contributed by atoms with Gasteiger partial charge in [-0.05, 0) is 24.3 Å². The Kier molecular flexibility index (Phi) is 4.25. The van der Waals surface area contributed by atoms with Crippen molar-refractivity contribution in [3.05, 3.63) is 42.5 Å². The van der Waals surface area contributed by atoms with Gasteiger partial charge in [-0.2, -0.15) is 0 Å². The van der Waals surface area contributed by atoms with Gasteiger partial charge in [0.15, 0.2) is 0 Å². The topological polar surface area (TPSA) is 67.1 Å². The van der Waals surface area contributed by atoms with Crippen LogP contribution in [0.2, 0.25) is 0 Å². The van der Waals surface area contributed by atoms with Crippen LogP contribution in [0.25, 0.3) is 0 Å². The van der Waals surface area contributed by atoms with Crippen molar-refractivity contribution in [3.8, 4) is 0 Å². The minimum Gasteiger partial charge on any atom is -0.369 e. The number of anilines is 3. The maximum atomic E-state index is 12.9. The molecule has 0 saturated carbocycles. The average molecular weight is 261 g/mol. The second-order valence-corrected chi connectivity index (χ2v) is 4.01. The number of halogens is 1. The number of nitrogens with one attached hydrogen (secondary N) is 1. The van der Waals surface area contributed by atoms with E-state index in [9.17, 15) is 4.39 Å². The van der Waals surface area contributed by atoms with Crippen molar-refractivity contribution in [3.63, 3.8) is 0 Å². The molecule has 0 atom stereocenters. The minimum absolute atomic E-state index is 0.259. The van der Waals surface area contributed by atoms with Gasteiger partial charge in [0.1, 0.15) is 23.8 Å². The predicted octanol–water partition coefficient (Wildman–Crippen LogP) is 1.75. The van der Waals surface area contributed by atoms with E-state index in [1.807, 2.05) is 18.0 Å². The molecule has 1 heterocycles. The number of benzene rings is 1. The van der Waals surface area contributed by atoms with Gasteiger partial charge in [-0.25, -0.2) is 14.4 Å². The molecule has 0 saturated heterocycles. The van der Waals surface area contributed by atoms with Crippen molar-refractivity contribution in [1.82, 2.24) is 9.97 Å². The molecule has 0 aliphatic heterocycles. The highest BCUT2D eigenvalue weighted by atomic mass is 19.1. The summed E-state index contributed by atoms with van der Waals surface area (Å²) in [7, 11) is 1.86. The molecule has 2 rings (SSSR count). The van der Waals surface area contributed by atoms with Gasteiger partial charge in [-0.15, -0.1) is 0 Å². The maximum absolute atomic E-state index is 12.9. The largest absolute Gasteiger partial charge is 0.369 e. The first-order valence-corrected chi connectivity index (χ1v) is 5.96. The zero-order chi connectivity index (χ0) is 13.7. The Bertz CT molecular complexity index is 529. The van der Waals surface area contributed by atoms with E-state index in [4.69, 9.17) is 5.73 Å². The fraction of sp³-hybridized carbons (Fsp3) is 0.231. The molecule has 0 spiro atoms. The third-order valence-corrected chi connectivity index (χ3v) is 2.66. The molecule has 0 radical (unpaired) electrons. The number of nitrogens with zero attached hydrogens (tertiary/aromatic N) is 3. The Morgan fingerprint density at radius 2 is 2.00 bits per heavy atom. The number of nitrogens with two attached hydrogens (primary N) is 1. The van der Waals surface area contributed by atoms with Gasteiger partial charge in [0.05, 0.1) is 0 Å². The van der Waals surface area contributed by atoms with Crippen molar-refractivity contribution >= 4 is 17.3 Å². The first-order valence-electron chi connectivity index (χ1n) is 5.96. The van der Waals surface area contributed by atoms with E-state index in [0.717, 1.165) is 11.5 Å². The lowest BCUT2D eigenvalue weighted by atomic mass is 10.3. The number of hydrogen-bond donors (Lipinski definition) is 2. The number of rotatable bonds is 5. The highest BCUT2D eigenvalue weighted by Crippen LogP contribution is 2.22. The molecule has 5 nitrogen and oxygen atoms in total. The standard InChI is InChI=1S/C13H16FN5/c1-19(11-4-2-10(14)3-5-11)13-8-12(16-7-6-15)17-9-18-13/h2-5,8-9H,6-7,15H2,1H3,(H,16,17,18).